The third kappa shape index (κ3) is 5.93. The maximum Gasteiger partial charge on any atom is 0.260 e. The largest absolute Gasteiger partial charge is 0.497 e. The van der Waals surface area contributed by atoms with E-state index in [4.69, 9.17) is 14.5 Å². The van der Waals surface area contributed by atoms with Gasteiger partial charge in [-0.25, -0.2) is 4.98 Å². The highest BCUT2D eigenvalue weighted by molar-refractivity contribution is 7.22. The summed E-state index contributed by atoms with van der Waals surface area (Å²) in [5.41, 5.74) is 1.77. The first-order valence-electron chi connectivity index (χ1n) is 12.1. The van der Waals surface area contributed by atoms with Gasteiger partial charge in [0.1, 0.15) is 5.75 Å². The first kappa shape index (κ1) is 27.0. The lowest BCUT2D eigenvalue weighted by Crippen LogP contribution is -2.39. The predicted molar refractivity (Wildman–Crippen MR) is 145 cm³/mol. The molecule has 3 aromatic rings. The normalized spacial score (nSPS) is 16.2. The van der Waals surface area contributed by atoms with Crippen molar-refractivity contribution >= 4 is 62.5 Å². The summed E-state index contributed by atoms with van der Waals surface area (Å²) < 4.78 is 11.7. The molecule has 0 saturated carbocycles. The molecule has 2 aliphatic heterocycles. The monoisotopic (exact) mass is 544 g/mol. The molecule has 0 aliphatic carbocycles. The van der Waals surface area contributed by atoms with Crippen molar-refractivity contribution < 1.29 is 23.9 Å². The Morgan fingerprint density at radius 1 is 1.08 bits per heavy atom. The van der Waals surface area contributed by atoms with E-state index >= 15 is 0 Å². The Morgan fingerprint density at radius 3 is 2.46 bits per heavy atom. The minimum absolute atomic E-state index is 0. The number of carbonyl (C=O) groups excluding carboxylic acids is 3. The fourth-order valence-electron chi connectivity index (χ4n) is 4.47. The minimum atomic E-state index is -0.214. The van der Waals surface area contributed by atoms with Crippen molar-refractivity contribution in [1.29, 1.82) is 0 Å². The maximum atomic E-state index is 13.7. The van der Waals surface area contributed by atoms with Crippen LogP contribution in [0.1, 0.15) is 29.6 Å². The summed E-state index contributed by atoms with van der Waals surface area (Å²) in [6.45, 7) is 4.63. The zero-order valence-corrected chi connectivity index (χ0v) is 22.2. The SMILES string of the molecule is COc1ccc2nc(N(CCCN3CCOCC3)C(=O)c3ccc(N4C(=O)CCC4=O)cc3)sc2c1.Cl. The molecule has 0 atom stereocenters. The molecule has 0 bridgehead atoms. The molecule has 2 aliphatic rings. The third-order valence-corrected chi connectivity index (χ3v) is 7.49. The lowest BCUT2D eigenvalue weighted by Gasteiger charge is -2.27. The molecule has 3 amide bonds. The number of benzene rings is 2. The van der Waals surface area contributed by atoms with Gasteiger partial charge < -0.3 is 9.47 Å². The van der Waals surface area contributed by atoms with Crippen LogP contribution < -0.4 is 14.5 Å². The lowest BCUT2D eigenvalue weighted by molar-refractivity contribution is -0.121. The van der Waals surface area contributed by atoms with Crippen molar-refractivity contribution in [2.24, 2.45) is 0 Å². The number of carbonyl (C=O) groups is 3. The van der Waals surface area contributed by atoms with Crippen molar-refractivity contribution in [3.05, 3.63) is 48.0 Å². The van der Waals surface area contributed by atoms with Gasteiger partial charge in [-0.1, -0.05) is 11.3 Å². The number of nitrogens with zero attached hydrogens (tertiary/aromatic N) is 4. The van der Waals surface area contributed by atoms with Gasteiger partial charge in [0, 0.05) is 44.6 Å². The van der Waals surface area contributed by atoms with Crippen molar-refractivity contribution in [3.8, 4) is 5.75 Å². The molecule has 5 rings (SSSR count). The molecule has 196 valence electrons. The molecule has 0 N–H and O–H groups in total. The minimum Gasteiger partial charge on any atom is -0.497 e. The molecule has 0 unspecified atom stereocenters. The van der Waals surface area contributed by atoms with E-state index in [1.54, 1.807) is 36.3 Å². The van der Waals surface area contributed by atoms with Crippen molar-refractivity contribution in [1.82, 2.24) is 9.88 Å². The van der Waals surface area contributed by atoms with E-state index in [-0.39, 0.29) is 43.0 Å². The summed E-state index contributed by atoms with van der Waals surface area (Å²) in [6, 6.07) is 12.3. The first-order chi connectivity index (χ1) is 17.5. The van der Waals surface area contributed by atoms with Crippen LogP contribution in [-0.2, 0) is 14.3 Å². The molecule has 2 saturated heterocycles. The van der Waals surface area contributed by atoms with Gasteiger partial charge in [-0.15, -0.1) is 12.4 Å². The average molecular weight is 545 g/mol. The van der Waals surface area contributed by atoms with Gasteiger partial charge in [0.2, 0.25) is 11.8 Å². The number of halogens is 1. The second-order valence-corrected chi connectivity index (χ2v) is 9.77. The summed E-state index contributed by atoms with van der Waals surface area (Å²) in [4.78, 5) is 47.8. The molecule has 3 heterocycles. The zero-order valence-electron chi connectivity index (χ0n) is 20.6. The number of thiazole rings is 1. The van der Waals surface area contributed by atoms with E-state index in [9.17, 15) is 14.4 Å². The van der Waals surface area contributed by atoms with Gasteiger partial charge in [0.05, 0.1) is 36.2 Å². The van der Waals surface area contributed by atoms with Crippen LogP contribution in [0.5, 0.6) is 5.75 Å². The van der Waals surface area contributed by atoms with Crippen LogP contribution in [0.4, 0.5) is 10.8 Å². The Morgan fingerprint density at radius 2 is 1.78 bits per heavy atom. The molecule has 0 spiro atoms. The number of rotatable bonds is 8. The van der Waals surface area contributed by atoms with Crippen LogP contribution in [0, 0.1) is 0 Å². The van der Waals surface area contributed by atoms with Gasteiger partial charge in [-0.3, -0.25) is 29.1 Å². The Hall–Kier alpha value is -3.05. The molecular formula is C26H29ClN4O5S. The molecule has 2 fully saturated rings. The summed E-state index contributed by atoms with van der Waals surface area (Å²) >= 11 is 1.45. The maximum absolute atomic E-state index is 13.7. The van der Waals surface area contributed by atoms with Crippen LogP contribution >= 0.6 is 23.7 Å². The summed E-state index contributed by atoms with van der Waals surface area (Å²) in [6.07, 6.45) is 1.23. The summed E-state index contributed by atoms with van der Waals surface area (Å²) in [7, 11) is 1.62. The second kappa shape index (κ2) is 12.0. The van der Waals surface area contributed by atoms with E-state index in [1.807, 2.05) is 18.2 Å². The molecule has 9 nitrogen and oxygen atoms in total. The zero-order chi connectivity index (χ0) is 25.1. The highest BCUT2D eigenvalue weighted by atomic mass is 35.5. The lowest BCUT2D eigenvalue weighted by atomic mass is 10.1. The standard InChI is InChI=1S/C26H28N4O5S.ClH/c1-34-20-7-8-21-22(17-20)36-26(27-21)29(12-2-11-28-13-15-35-16-14-28)25(33)18-3-5-19(6-4-18)30-23(31)9-10-24(30)32;/h3-8,17H,2,9-16H2,1H3;1H. The quantitative estimate of drug-likeness (QED) is 0.399. The van der Waals surface area contributed by atoms with E-state index in [1.165, 1.54) is 16.2 Å². The molecule has 11 heteroatoms. The predicted octanol–water partition coefficient (Wildman–Crippen LogP) is 3.75. The van der Waals surface area contributed by atoms with Crippen molar-refractivity contribution in [3.63, 3.8) is 0 Å². The fraction of sp³-hybridized carbons (Fsp3) is 0.385. The highest BCUT2D eigenvalue weighted by Gasteiger charge is 2.30. The number of fused-ring (bicyclic) bond motifs is 1. The van der Waals surface area contributed by atoms with Crippen LogP contribution in [-0.4, -0.2) is 74.1 Å². The Balaban J connectivity index is 0.00000320. The average Bonchev–Trinajstić information content (AvgIpc) is 3.48. The molecule has 1 aromatic heterocycles. The smallest absolute Gasteiger partial charge is 0.260 e. The number of amides is 3. The van der Waals surface area contributed by atoms with Gasteiger partial charge in [0.15, 0.2) is 5.13 Å². The first-order valence-corrected chi connectivity index (χ1v) is 12.9. The van der Waals surface area contributed by atoms with Crippen LogP contribution in [0.2, 0.25) is 0 Å². The van der Waals surface area contributed by atoms with Gasteiger partial charge in [-0.2, -0.15) is 0 Å². The number of ether oxygens (including phenoxy) is 2. The Labute approximate surface area is 225 Å². The number of methoxy groups -OCH3 is 1. The number of imide groups is 1. The number of hydrogen-bond acceptors (Lipinski definition) is 8. The van der Waals surface area contributed by atoms with E-state index in [0.717, 1.165) is 55.2 Å². The highest BCUT2D eigenvalue weighted by Crippen LogP contribution is 2.32. The third-order valence-electron chi connectivity index (χ3n) is 6.44. The van der Waals surface area contributed by atoms with Crippen molar-refractivity contribution in [2.45, 2.75) is 19.3 Å². The van der Waals surface area contributed by atoms with Gasteiger partial charge in [0.25, 0.3) is 5.91 Å². The molecule has 0 radical (unpaired) electrons. The second-order valence-electron chi connectivity index (χ2n) is 8.76. The van der Waals surface area contributed by atoms with E-state index in [2.05, 4.69) is 4.90 Å². The Bertz CT molecular complexity index is 1260. The summed E-state index contributed by atoms with van der Waals surface area (Å²) in [5.74, 6) is 0.139. The van der Waals surface area contributed by atoms with Crippen molar-refractivity contribution in [2.75, 3.05) is 56.3 Å². The topological polar surface area (TPSA) is 92.3 Å². The number of morpholine rings is 1. The fourth-order valence-corrected chi connectivity index (χ4v) is 5.49. The number of hydrogen-bond donors (Lipinski definition) is 0. The number of aromatic nitrogens is 1. The van der Waals surface area contributed by atoms with Crippen LogP contribution in [0.15, 0.2) is 42.5 Å². The molecule has 37 heavy (non-hydrogen) atoms. The Kier molecular flexibility index (Phi) is 8.75. The van der Waals surface area contributed by atoms with Crippen LogP contribution in [0.3, 0.4) is 0 Å². The van der Waals surface area contributed by atoms with E-state index in [0.29, 0.717) is 22.9 Å². The molecular weight excluding hydrogens is 516 g/mol. The van der Waals surface area contributed by atoms with Gasteiger partial charge in [-0.05, 0) is 48.9 Å². The summed E-state index contributed by atoms with van der Waals surface area (Å²) in [5, 5.41) is 0.624. The van der Waals surface area contributed by atoms with E-state index < -0.39 is 0 Å². The van der Waals surface area contributed by atoms with Gasteiger partial charge >= 0.3 is 0 Å². The van der Waals surface area contributed by atoms with Crippen LogP contribution in [0.25, 0.3) is 10.2 Å². The molecule has 2 aromatic carbocycles. The number of anilines is 2.